The van der Waals surface area contributed by atoms with Gasteiger partial charge in [0.15, 0.2) is 0 Å². The summed E-state index contributed by atoms with van der Waals surface area (Å²) in [6.45, 7) is 4.89. The van der Waals surface area contributed by atoms with Crippen molar-refractivity contribution in [2.75, 3.05) is 18.8 Å². The van der Waals surface area contributed by atoms with Gasteiger partial charge in [-0.05, 0) is 37.5 Å². The van der Waals surface area contributed by atoms with Crippen LogP contribution in [0.5, 0.6) is 0 Å². The highest BCUT2D eigenvalue weighted by molar-refractivity contribution is 7.89. The summed E-state index contributed by atoms with van der Waals surface area (Å²) in [5, 5.41) is 2.56. The highest BCUT2D eigenvalue weighted by Gasteiger charge is 2.23. The van der Waals surface area contributed by atoms with E-state index in [2.05, 4.69) is 10.0 Å². The molecule has 8 heteroatoms. The molecule has 1 rings (SSSR count). The zero-order valence-electron chi connectivity index (χ0n) is 12.3. The van der Waals surface area contributed by atoms with Gasteiger partial charge in [-0.1, -0.05) is 6.92 Å². The summed E-state index contributed by atoms with van der Waals surface area (Å²) in [4.78, 5) is 11.4. The van der Waals surface area contributed by atoms with E-state index in [1.807, 2.05) is 6.92 Å². The molecule has 0 aliphatic carbocycles. The number of nitrogens with one attached hydrogen (secondary N) is 2. The summed E-state index contributed by atoms with van der Waals surface area (Å²) in [5.41, 5.74) is 5.68. The topological polar surface area (TPSA) is 101 Å². The van der Waals surface area contributed by atoms with Gasteiger partial charge in [0.25, 0.3) is 0 Å². The number of sulfonamides is 1. The van der Waals surface area contributed by atoms with Gasteiger partial charge in [0.2, 0.25) is 15.9 Å². The van der Waals surface area contributed by atoms with Crippen LogP contribution >= 0.6 is 0 Å². The molecule has 6 nitrogen and oxygen atoms in total. The quantitative estimate of drug-likeness (QED) is 0.676. The molecule has 0 aliphatic heterocycles. The summed E-state index contributed by atoms with van der Waals surface area (Å²) >= 11 is 0. The second-order valence-corrected chi connectivity index (χ2v) is 6.42. The number of aryl methyl sites for hydroxylation is 1. The molecule has 21 heavy (non-hydrogen) atoms. The molecular weight excluding hydrogens is 297 g/mol. The Morgan fingerprint density at radius 3 is 2.57 bits per heavy atom. The predicted molar refractivity (Wildman–Crippen MR) is 78.8 cm³/mol. The summed E-state index contributed by atoms with van der Waals surface area (Å²) in [6, 6.07) is 1.06. The first-order valence-corrected chi connectivity index (χ1v) is 8.00. The van der Waals surface area contributed by atoms with Crippen molar-refractivity contribution in [1.82, 2.24) is 10.0 Å². The Morgan fingerprint density at radius 2 is 2.00 bits per heavy atom. The number of nitrogen functional groups attached to an aromatic ring is 1. The first-order chi connectivity index (χ1) is 9.70. The van der Waals surface area contributed by atoms with Crippen molar-refractivity contribution >= 4 is 21.6 Å². The largest absolute Gasteiger partial charge is 0.396 e. The van der Waals surface area contributed by atoms with Crippen LogP contribution in [0.15, 0.2) is 11.0 Å². The van der Waals surface area contributed by atoms with Gasteiger partial charge < -0.3 is 11.1 Å². The van der Waals surface area contributed by atoms with Crippen LogP contribution < -0.4 is 15.8 Å². The molecule has 0 unspecified atom stereocenters. The Labute approximate surface area is 124 Å². The van der Waals surface area contributed by atoms with E-state index in [-0.39, 0.29) is 28.3 Å². The Kier molecular flexibility index (Phi) is 5.68. The Morgan fingerprint density at radius 1 is 1.38 bits per heavy atom. The number of anilines is 1. The summed E-state index contributed by atoms with van der Waals surface area (Å²) < 4.78 is 40.1. The van der Waals surface area contributed by atoms with Gasteiger partial charge in [-0.25, -0.2) is 17.5 Å². The second kappa shape index (κ2) is 6.86. The molecule has 118 valence electrons. The average molecular weight is 317 g/mol. The standard InChI is InChI=1S/C13H20FN3O3S/c1-4-5-16-11(18)7-17-21(19,20)13-8(2)6-10(14)12(15)9(13)3/h6,17H,4-5,7,15H2,1-3H3,(H,16,18). The molecule has 1 aromatic carbocycles. The highest BCUT2D eigenvalue weighted by atomic mass is 32.2. The number of nitrogens with two attached hydrogens (primary N) is 1. The SMILES string of the molecule is CCCNC(=O)CNS(=O)(=O)c1c(C)cc(F)c(N)c1C. The van der Waals surface area contributed by atoms with Crippen molar-refractivity contribution in [3.8, 4) is 0 Å². The summed E-state index contributed by atoms with van der Waals surface area (Å²) in [6.07, 6.45) is 0.755. The molecule has 0 aromatic heterocycles. The minimum Gasteiger partial charge on any atom is -0.396 e. The van der Waals surface area contributed by atoms with Gasteiger partial charge in [-0.3, -0.25) is 4.79 Å². The summed E-state index contributed by atoms with van der Waals surface area (Å²) in [5.74, 6) is -1.09. The molecular formula is C13H20FN3O3S. The highest BCUT2D eigenvalue weighted by Crippen LogP contribution is 2.27. The number of hydrogen-bond acceptors (Lipinski definition) is 4. The third-order valence-corrected chi connectivity index (χ3v) is 4.66. The molecule has 4 N–H and O–H groups in total. The lowest BCUT2D eigenvalue weighted by Gasteiger charge is -2.14. The Hall–Kier alpha value is -1.67. The van der Waals surface area contributed by atoms with Gasteiger partial charge in [0, 0.05) is 6.54 Å². The molecule has 0 aliphatic rings. The average Bonchev–Trinajstić information content (AvgIpc) is 2.40. The van der Waals surface area contributed by atoms with Crippen molar-refractivity contribution in [2.24, 2.45) is 0 Å². The molecule has 0 atom stereocenters. The van der Waals surface area contributed by atoms with Crippen LogP contribution in [0.1, 0.15) is 24.5 Å². The minimum atomic E-state index is -3.94. The van der Waals surface area contributed by atoms with E-state index in [0.29, 0.717) is 6.54 Å². The van der Waals surface area contributed by atoms with Gasteiger partial charge in [0.1, 0.15) is 5.82 Å². The second-order valence-electron chi connectivity index (χ2n) is 4.72. The smallest absolute Gasteiger partial charge is 0.241 e. The number of hydrogen-bond donors (Lipinski definition) is 3. The van der Waals surface area contributed by atoms with E-state index in [1.54, 1.807) is 0 Å². The molecule has 1 aromatic rings. The van der Waals surface area contributed by atoms with E-state index < -0.39 is 21.7 Å². The zero-order valence-corrected chi connectivity index (χ0v) is 13.1. The zero-order chi connectivity index (χ0) is 16.2. The van der Waals surface area contributed by atoms with Gasteiger partial charge in [0.05, 0.1) is 17.1 Å². The van der Waals surface area contributed by atoms with E-state index in [4.69, 9.17) is 5.73 Å². The van der Waals surface area contributed by atoms with Crippen molar-refractivity contribution in [2.45, 2.75) is 32.1 Å². The van der Waals surface area contributed by atoms with Crippen LogP contribution in [0.4, 0.5) is 10.1 Å². The molecule has 0 saturated heterocycles. The number of carbonyl (C=O) groups is 1. The maximum Gasteiger partial charge on any atom is 0.241 e. The van der Waals surface area contributed by atoms with Gasteiger partial charge >= 0.3 is 0 Å². The lowest BCUT2D eigenvalue weighted by molar-refractivity contribution is -0.119. The molecule has 0 spiro atoms. The van der Waals surface area contributed by atoms with E-state index in [1.165, 1.54) is 13.8 Å². The third-order valence-electron chi connectivity index (χ3n) is 2.97. The number of rotatable bonds is 6. The molecule has 0 radical (unpaired) electrons. The van der Waals surface area contributed by atoms with Crippen LogP contribution in [0.3, 0.4) is 0 Å². The molecule has 1 amide bonds. The first kappa shape index (κ1) is 17.4. The monoisotopic (exact) mass is 317 g/mol. The fourth-order valence-corrected chi connectivity index (χ4v) is 3.37. The number of halogens is 1. The van der Waals surface area contributed by atoms with Crippen molar-refractivity contribution < 1.29 is 17.6 Å². The maximum atomic E-state index is 13.5. The van der Waals surface area contributed by atoms with Gasteiger partial charge in [-0.2, -0.15) is 0 Å². The Bertz CT molecular complexity index is 645. The molecule has 0 bridgehead atoms. The molecule has 0 saturated carbocycles. The van der Waals surface area contributed by atoms with E-state index in [0.717, 1.165) is 12.5 Å². The van der Waals surface area contributed by atoms with Crippen LogP contribution in [-0.4, -0.2) is 27.4 Å². The fraction of sp³-hybridized carbons (Fsp3) is 0.462. The lowest BCUT2D eigenvalue weighted by Crippen LogP contribution is -2.37. The summed E-state index contributed by atoms with van der Waals surface area (Å²) in [7, 11) is -3.94. The van der Waals surface area contributed by atoms with Crippen LogP contribution in [-0.2, 0) is 14.8 Å². The van der Waals surface area contributed by atoms with Crippen LogP contribution in [0.2, 0.25) is 0 Å². The lowest BCUT2D eigenvalue weighted by atomic mass is 10.1. The van der Waals surface area contributed by atoms with E-state index >= 15 is 0 Å². The normalized spacial score (nSPS) is 11.4. The van der Waals surface area contributed by atoms with Crippen molar-refractivity contribution in [3.63, 3.8) is 0 Å². The van der Waals surface area contributed by atoms with E-state index in [9.17, 15) is 17.6 Å². The predicted octanol–water partition coefficient (Wildman–Crippen LogP) is 0.829. The van der Waals surface area contributed by atoms with Gasteiger partial charge in [-0.15, -0.1) is 0 Å². The number of benzene rings is 1. The number of amides is 1. The van der Waals surface area contributed by atoms with Crippen LogP contribution in [0.25, 0.3) is 0 Å². The maximum absolute atomic E-state index is 13.5. The van der Waals surface area contributed by atoms with Crippen molar-refractivity contribution in [1.29, 1.82) is 0 Å². The van der Waals surface area contributed by atoms with Crippen LogP contribution in [0, 0.1) is 19.7 Å². The third kappa shape index (κ3) is 4.15. The fourth-order valence-electron chi connectivity index (χ4n) is 1.90. The van der Waals surface area contributed by atoms with Crippen molar-refractivity contribution in [3.05, 3.63) is 23.0 Å². The minimum absolute atomic E-state index is 0.0929. The molecule has 0 heterocycles. The number of carbonyl (C=O) groups excluding carboxylic acids is 1. The molecule has 0 fully saturated rings. The Balaban J connectivity index is 2.99. The first-order valence-electron chi connectivity index (χ1n) is 6.52.